The van der Waals surface area contributed by atoms with Crippen LogP contribution in [0.3, 0.4) is 0 Å². The van der Waals surface area contributed by atoms with E-state index in [0.717, 1.165) is 0 Å². The van der Waals surface area contributed by atoms with E-state index in [2.05, 4.69) is 9.47 Å². The molecule has 0 aromatic heterocycles. The maximum Gasteiger partial charge on any atom is 0.338 e. The second-order valence-corrected chi connectivity index (χ2v) is 5.45. The first-order valence-electron chi connectivity index (χ1n) is 8.42. The number of hydrogen-bond donors (Lipinski definition) is 0. The first-order chi connectivity index (χ1) is 13.5. The summed E-state index contributed by atoms with van der Waals surface area (Å²) in [5.74, 6) is -1.40. The zero-order chi connectivity index (χ0) is 20.5. The van der Waals surface area contributed by atoms with Gasteiger partial charge in [0.1, 0.15) is 11.5 Å². The second kappa shape index (κ2) is 9.91. The summed E-state index contributed by atoms with van der Waals surface area (Å²) < 4.78 is 20.0. The number of carbonyl (C=O) groups excluding carboxylic acids is 3. The lowest BCUT2D eigenvalue weighted by Gasteiger charge is -2.08. The van der Waals surface area contributed by atoms with Crippen LogP contribution in [0.25, 0.3) is 6.08 Å². The van der Waals surface area contributed by atoms with Crippen molar-refractivity contribution in [1.29, 1.82) is 0 Å². The average molecular weight is 384 g/mol. The summed E-state index contributed by atoms with van der Waals surface area (Å²) in [6.45, 7) is 2.36. The van der Waals surface area contributed by atoms with Crippen LogP contribution >= 0.6 is 0 Å². The fourth-order valence-corrected chi connectivity index (χ4v) is 2.34. The molecule has 0 radical (unpaired) electrons. The Kier molecular flexibility index (Phi) is 7.33. The Balaban J connectivity index is 2.23. The van der Waals surface area contributed by atoms with Crippen molar-refractivity contribution in [3.05, 3.63) is 65.2 Å². The van der Waals surface area contributed by atoms with Crippen LogP contribution in [0.2, 0.25) is 0 Å². The molecule has 7 heteroatoms. The Morgan fingerprint density at radius 3 is 2.11 bits per heavy atom. The Morgan fingerprint density at radius 1 is 0.929 bits per heavy atom. The highest BCUT2D eigenvalue weighted by Gasteiger charge is 2.15. The molecule has 0 fully saturated rings. The molecule has 2 aromatic carbocycles. The molecule has 0 heterocycles. The molecule has 0 spiro atoms. The molecule has 28 heavy (non-hydrogen) atoms. The van der Waals surface area contributed by atoms with Crippen LogP contribution in [0, 0.1) is 0 Å². The van der Waals surface area contributed by atoms with Gasteiger partial charge in [-0.15, -0.1) is 0 Å². The minimum atomic E-state index is -0.691. The highest BCUT2D eigenvalue weighted by atomic mass is 16.5. The van der Waals surface area contributed by atoms with E-state index in [1.165, 1.54) is 38.5 Å². The fourth-order valence-electron chi connectivity index (χ4n) is 2.34. The molecule has 0 saturated carbocycles. The van der Waals surface area contributed by atoms with Crippen molar-refractivity contribution in [2.45, 2.75) is 6.92 Å². The molecular weight excluding hydrogens is 364 g/mol. The van der Waals surface area contributed by atoms with Gasteiger partial charge in [-0.25, -0.2) is 14.4 Å². The van der Waals surface area contributed by atoms with Crippen molar-refractivity contribution >= 4 is 24.0 Å². The predicted molar refractivity (Wildman–Crippen MR) is 101 cm³/mol. The Morgan fingerprint density at radius 2 is 1.54 bits per heavy atom. The third kappa shape index (κ3) is 5.44. The van der Waals surface area contributed by atoms with E-state index in [-0.39, 0.29) is 16.9 Å². The Bertz CT molecular complexity index is 865. The summed E-state index contributed by atoms with van der Waals surface area (Å²) in [4.78, 5) is 35.7. The van der Waals surface area contributed by atoms with Gasteiger partial charge >= 0.3 is 17.9 Å². The lowest BCUT2D eigenvalue weighted by atomic mass is 10.1. The van der Waals surface area contributed by atoms with Crippen LogP contribution in [-0.4, -0.2) is 38.7 Å². The van der Waals surface area contributed by atoms with E-state index < -0.39 is 17.9 Å². The molecule has 0 aliphatic carbocycles. The van der Waals surface area contributed by atoms with Gasteiger partial charge in [-0.05, 0) is 37.3 Å². The summed E-state index contributed by atoms with van der Waals surface area (Å²) in [6, 6.07) is 11.1. The fraction of sp³-hybridized carbons (Fsp3) is 0.190. The maximum atomic E-state index is 12.2. The van der Waals surface area contributed by atoms with Crippen LogP contribution in [0.4, 0.5) is 0 Å². The van der Waals surface area contributed by atoms with E-state index in [4.69, 9.17) is 9.47 Å². The minimum absolute atomic E-state index is 0.0102. The van der Waals surface area contributed by atoms with Crippen LogP contribution in [0.15, 0.2) is 48.5 Å². The monoisotopic (exact) mass is 384 g/mol. The van der Waals surface area contributed by atoms with Gasteiger partial charge in [0.05, 0.1) is 32.0 Å². The van der Waals surface area contributed by atoms with E-state index in [1.54, 1.807) is 18.2 Å². The molecule has 0 bridgehead atoms. The second-order valence-electron chi connectivity index (χ2n) is 5.45. The lowest BCUT2D eigenvalue weighted by Crippen LogP contribution is -2.10. The molecule has 0 amide bonds. The van der Waals surface area contributed by atoms with Crippen LogP contribution < -0.4 is 9.47 Å². The van der Waals surface area contributed by atoms with E-state index in [1.807, 2.05) is 19.1 Å². The van der Waals surface area contributed by atoms with Crippen molar-refractivity contribution in [3.63, 3.8) is 0 Å². The summed E-state index contributed by atoms with van der Waals surface area (Å²) >= 11 is 0. The van der Waals surface area contributed by atoms with Gasteiger partial charge in [-0.2, -0.15) is 0 Å². The van der Waals surface area contributed by atoms with Gasteiger partial charge in [0.25, 0.3) is 0 Å². The van der Waals surface area contributed by atoms with Crippen LogP contribution in [0.5, 0.6) is 11.5 Å². The van der Waals surface area contributed by atoms with Crippen molar-refractivity contribution in [2.24, 2.45) is 0 Å². The first kappa shape index (κ1) is 20.7. The molecule has 0 atom stereocenters. The van der Waals surface area contributed by atoms with Crippen molar-refractivity contribution in [2.75, 3.05) is 20.8 Å². The predicted octanol–water partition coefficient (Wildman–Crippen LogP) is 3.28. The number of methoxy groups -OCH3 is 2. The van der Waals surface area contributed by atoms with Gasteiger partial charge in [-0.3, -0.25) is 0 Å². The Labute approximate surface area is 162 Å². The highest BCUT2D eigenvalue weighted by Crippen LogP contribution is 2.21. The third-order valence-corrected chi connectivity index (χ3v) is 3.58. The van der Waals surface area contributed by atoms with Gasteiger partial charge in [0.15, 0.2) is 0 Å². The normalized spacial score (nSPS) is 10.4. The van der Waals surface area contributed by atoms with E-state index in [0.29, 0.717) is 17.9 Å². The molecule has 0 aliphatic heterocycles. The molecule has 146 valence electrons. The third-order valence-electron chi connectivity index (χ3n) is 3.58. The number of esters is 3. The SMILES string of the molecule is CCOc1ccccc1/C=C/C(=O)Oc1cc(C(=O)OC)cc(C(=O)OC)c1. The molecule has 7 nitrogen and oxygen atoms in total. The minimum Gasteiger partial charge on any atom is -0.493 e. The van der Waals surface area contributed by atoms with Crippen LogP contribution in [-0.2, 0) is 14.3 Å². The zero-order valence-electron chi connectivity index (χ0n) is 15.8. The average Bonchev–Trinajstić information content (AvgIpc) is 2.71. The van der Waals surface area contributed by atoms with Gasteiger partial charge < -0.3 is 18.9 Å². The molecule has 0 N–H and O–H groups in total. The molecular formula is C21H20O7. The topological polar surface area (TPSA) is 88.1 Å². The summed E-state index contributed by atoms with van der Waals surface area (Å²) in [5, 5.41) is 0. The quantitative estimate of drug-likeness (QED) is 0.411. The number of para-hydroxylation sites is 1. The lowest BCUT2D eigenvalue weighted by molar-refractivity contribution is -0.128. The Hall–Kier alpha value is -3.61. The van der Waals surface area contributed by atoms with E-state index >= 15 is 0 Å². The molecule has 2 aromatic rings. The standard InChI is InChI=1S/C21H20O7/c1-4-27-18-8-6-5-7-14(18)9-10-19(22)28-17-12-15(20(23)25-2)11-16(13-17)21(24)26-3/h5-13H,4H2,1-3H3/b10-9+. The van der Waals surface area contributed by atoms with Gasteiger partial charge in [0, 0.05) is 11.6 Å². The number of ether oxygens (including phenoxy) is 4. The number of benzene rings is 2. The van der Waals surface area contributed by atoms with Crippen LogP contribution in [0.1, 0.15) is 33.2 Å². The van der Waals surface area contributed by atoms with Crippen molar-refractivity contribution in [1.82, 2.24) is 0 Å². The molecule has 0 saturated heterocycles. The summed E-state index contributed by atoms with van der Waals surface area (Å²) in [6.07, 6.45) is 2.78. The number of carbonyl (C=O) groups is 3. The summed E-state index contributed by atoms with van der Waals surface area (Å²) in [7, 11) is 2.41. The number of hydrogen-bond acceptors (Lipinski definition) is 7. The first-order valence-corrected chi connectivity index (χ1v) is 8.42. The van der Waals surface area contributed by atoms with Crippen molar-refractivity contribution < 1.29 is 33.3 Å². The highest BCUT2D eigenvalue weighted by molar-refractivity contribution is 5.96. The summed E-state index contributed by atoms with van der Waals surface area (Å²) in [5.41, 5.74) is 0.817. The van der Waals surface area contributed by atoms with E-state index in [9.17, 15) is 14.4 Å². The smallest absolute Gasteiger partial charge is 0.338 e. The maximum absolute atomic E-state index is 12.2. The molecule has 0 aliphatic rings. The largest absolute Gasteiger partial charge is 0.493 e. The van der Waals surface area contributed by atoms with Gasteiger partial charge in [-0.1, -0.05) is 18.2 Å². The molecule has 2 rings (SSSR count). The zero-order valence-corrected chi connectivity index (χ0v) is 15.8. The van der Waals surface area contributed by atoms with Crippen molar-refractivity contribution in [3.8, 4) is 11.5 Å². The molecule has 0 unspecified atom stereocenters. The van der Waals surface area contributed by atoms with Gasteiger partial charge in [0.2, 0.25) is 0 Å². The number of rotatable bonds is 7.